The molecule has 0 radical (unpaired) electrons. The Morgan fingerprint density at radius 2 is 1.79 bits per heavy atom. The molecule has 9 heteroatoms. The predicted octanol–water partition coefficient (Wildman–Crippen LogP) is 4.58. The van der Waals surface area contributed by atoms with Crippen LogP contribution in [0.15, 0.2) is 53.9 Å². The Kier molecular flexibility index (Phi) is 5.57. The molecule has 1 aliphatic heterocycles. The SMILES string of the molecule is C[C@]1(C(=O)O)CCCN1C(=O)c1csc(NC(=O)OCC2c3ccccc3-c3ccccc32)n1. The van der Waals surface area contributed by atoms with Gasteiger partial charge in [0.1, 0.15) is 17.8 Å². The Labute approximate surface area is 200 Å². The number of carbonyl (C=O) groups excluding carboxylic acids is 2. The first-order chi connectivity index (χ1) is 16.4. The number of hydrogen-bond acceptors (Lipinski definition) is 6. The topological polar surface area (TPSA) is 109 Å². The van der Waals surface area contributed by atoms with Gasteiger partial charge in [-0.25, -0.2) is 14.6 Å². The van der Waals surface area contributed by atoms with Gasteiger partial charge in [0.15, 0.2) is 5.13 Å². The van der Waals surface area contributed by atoms with E-state index in [2.05, 4.69) is 22.4 Å². The Hall–Kier alpha value is -3.72. The average Bonchev–Trinajstić information content (AvgIpc) is 3.54. The van der Waals surface area contributed by atoms with Gasteiger partial charge in [-0.05, 0) is 42.0 Å². The Balaban J connectivity index is 1.24. The number of benzene rings is 2. The first kappa shape index (κ1) is 22.1. The fraction of sp³-hybridized carbons (Fsp3) is 0.280. The number of nitrogens with one attached hydrogen (secondary N) is 1. The lowest BCUT2D eigenvalue weighted by molar-refractivity contribution is -0.147. The molecule has 174 valence electrons. The largest absolute Gasteiger partial charge is 0.480 e. The third-order valence-corrected chi connectivity index (χ3v) is 7.38. The highest BCUT2D eigenvalue weighted by Gasteiger charge is 2.46. The molecule has 2 aliphatic rings. The van der Waals surface area contributed by atoms with E-state index in [0.29, 0.717) is 19.4 Å². The Bertz CT molecular complexity index is 1240. The van der Waals surface area contributed by atoms with Crippen LogP contribution in [0.2, 0.25) is 0 Å². The molecule has 2 aromatic carbocycles. The van der Waals surface area contributed by atoms with E-state index in [-0.39, 0.29) is 23.4 Å². The van der Waals surface area contributed by atoms with E-state index in [9.17, 15) is 19.5 Å². The number of likely N-dealkylation sites (tertiary alicyclic amines) is 1. The van der Waals surface area contributed by atoms with Crippen LogP contribution in [0.3, 0.4) is 0 Å². The van der Waals surface area contributed by atoms with Crippen molar-refractivity contribution in [1.82, 2.24) is 9.88 Å². The van der Waals surface area contributed by atoms with E-state index in [4.69, 9.17) is 4.74 Å². The second kappa shape index (κ2) is 8.57. The number of nitrogens with zero attached hydrogens (tertiary/aromatic N) is 2. The molecule has 2 N–H and O–H groups in total. The van der Waals surface area contributed by atoms with E-state index in [1.807, 2.05) is 36.4 Å². The number of carboxylic acids is 1. The molecule has 0 saturated carbocycles. The van der Waals surface area contributed by atoms with Crippen LogP contribution in [-0.4, -0.2) is 51.7 Å². The maximum Gasteiger partial charge on any atom is 0.413 e. The number of hydrogen-bond donors (Lipinski definition) is 2. The zero-order chi connectivity index (χ0) is 23.9. The fourth-order valence-electron chi connectivity index (χ4n) is 4.80. The molecule has 2 heterocycles. The van der Waals surface area contributed by atoms with Crippen molar-refractivity contribution in [1.29, 1.82) is 0 Å². The highest BCUT2D eigenvalue weighted by molar-refractivity contribution is 7.14. The van der Waals surface area contributed by atoms with Gasteiger partial charge in [-0.1, -0.05) is 48.5 Å². The van der Waals surface area contributed by atoms with E-state index >= 15 is 0 Å². The normalized spacial score (nSPS) is 18.9. The summed E-state index contributed by atoms with van der Waals surface area (Å²) in [6.07, 6.45) is 0.346. The molecular weight excluding hydrogens is 454 g/mol. The van der Waals surface area contributed by atoms with Gasteiger partial charge in [-0.15, -0.1) is 11.3 Å². The summed E-state index contributed by atoms with van der Waals surface area (Å²) in [6.45, 7) is 2.07. The van der Waals surface area contributed by atoms with Crippen molar-refractivity contribution >= 4 is 34.4 Å². The summed E-state index contributed by atoms with van der Waals surface area (Å²) < 4.78 is 5.52. The van der Waals surface area contributed by atoms with Gasteiger partial charge in [-0.2, -0.15) is 0 Å². The molecule has 0 unspecified atom stereocenters. The molecular formula is C25H23N3O5S. The molecule has 0 spiro atoms. The van der Waals surface area contributed by atoms with Crippen molar-refractivity contribution in [3.8, 4) is 11.1 Å². The van der Waals surface area contributed by atoms with E-state index in [1.54, 1.807) is 6.92 Å². The molecule has 1 aromatic heterocycles. The molecule has 2 amide bonds. The molecule has 3 aromatic rings. The van der Waals surface area contributed by atoms with Gasteiger partial charge in [0.2, 0.25) is 0 Å². The van der Waals surface area contributed by atoms with Gasteiger partial charge in [0.05, 0.1) is 0 Å². The number of rotatable bonds is 5. The molecule has 1 fully saturated rings. The van der Waals surface area contributed by atoms with Crippen LogP contribution >= 0.6 is 11.3 Å². The smallest absolute Gasteiger partial charge is 0.413 e. The highest BCUT2D eigenvalue weighted by Crippen LogP contribution is 2.44. The van der Waals surface area contributed by atoms with Crippen molar-refractivity contribution in [3.63, 3.8) is 0 Å². The van der Waals surface area contributed by atoms with Crippen molar-refractivity contribution < 1.29 is 24.2 Å². The molecule has 1 atom stereocenters. The molecule has 1 aliphatic carbocycles. The van der Waals surface area contributed by atoms with Gasteiger partial charge in [-0.3, -0.25) is 10.1 Å². The summed E-state index contributed by atoms with van der Waals surface area (Å²) in [4.78, 5) is 42.5. The van der Waals surface area contributed by atoms with Gasteiger partial charge >= 0.3 is 12.1 Å². The maximum absolute atomic E-state index is 12.9. The minimum absolute atomic E-state index is 0.0598. The average molecular weight is 478 g/mol. The maximum atomic E-state index is 12.9. The molecule has 1 saturated heterocycles. The molecule has 5 rings (SSSR count). The van der Waals surface area contributed by atoms with Crippen molar-refractivity contribution in [2.75, 3.05) is 18.5 Å². The number of carboxylic acid groups (broad SMARTS) is 1. The number of aromatic nitrogens is 1. The number of ether oxygens (including phenoxy) is 1. The van der Waals surface area contributed by atoms with Gasteiger partial charge in [0, 0.05) is 17.8 Å². The summed E-state index contributed by atoms with van der Waals surface area (Å²) in [5.74, 6) is -1.56. The van der Waals surface area contributed by atoms with E-state index in [0.717, 1.165) is 33.6 Å². The van der Waals surface area contributed by atoms with Gasteiger partial charge < -0.3 is 14.7 Å². The van der Waals surface area contributed by atoms with Crippen LogP contribution in [0.4, 0.5) is 9.93 Å². The second-order valence-electron chi connectivity index (χ2n) is 8.63. The third-order valence-electron chi connectivity index (χ3n) is 6.62. The van der Waals surface area contributed by atoms with Crippen molar-refractivity contribution in [3.05, 3.63) is 70.7 Å². The Morgan fingerprint density at radius 1 is 1.15 bits per heavy atom. The standard InChI is InChI=1S/C25H23N3O5S/c1-25(22(30)31)11-6-12-28(25)21(29)20-14-34-23(26-20)27-24(32)33-13-19-17-9-4-2-7-15(17)16-8-3-5-10-18(16)19/h2-5,7-10,14,19H,6,11-13H2,1H3,(H,30,31)(H,26,27,32)/t25-/m1/s1. The minimum Gasteiger partial charge on any atom is -0.480 e. The number of thiazole rings is 1. The van der Waals surface area contributed by atoms with E-state index in [1.165, 1.54) is 10.3 Å². The summed E-state index contributed by atoms with van der Waals surface area (Å²) in [6, 6.07) is 16.2. The summed E-state index contributed by atoms with van der Waals surface area (Å²) in [5.41, 5.74) is 3.38. The summed E-state index contributed by atoms with van der Waals surface area (Å²) >= 11 is 1.09. The van der Waals surface area contributed by atoms with Crippen molar-refractivity contribution in [2.24, 2.45) is 0 Å². The number of amides is 2. The van der Waals surface area contributed by atoms with Crippen LogP contribution in [0, 0.1) is 0 Å². The third kappa shape index (κ3) is 3.71. The molecule has 8 nitrogen and oxygen atoms in total. The summed E-state index contributed by atoms with van der Waals surface area (Å²) in [7, 11) is 0. The quantitative estimate of drug-likeness (QED) is 0.557. The lowest BCUT2D eigenvalue weighted by Gasteiger charge is -2.30. The van der Waals surface area contributed by atoms with Gasteiger partial charge in [0.25, 0.3) is 5.91 Å². The first-order valence-corrected chi connectivity index (χ1v) is 11.9. The number of aliphatic carboxylic acids is 1. The van der Waals surface area contributed by atoms with Crippen molar-refractivity contribution in [2.45, 2.75) is 31.2 Å². The van der Waals surface area contributed by atoms with Crippen LogP contribution < -0.4 is 5.32 Å². The van der Waals surface area contributed by atoms with Crippen LogP contribution in [0.1, 0.15) is 47.3 Å². The minimum atomic E-state index is -1.25. The van der Waals surface area contributed by atoms with Crippen LogP contribution in [0.25, 0.3) is 11.1 Å². The lowest BCUT2D eigenvalue weighted by Crippen LogP contribution is -2.50. The molecule has 34 heavy (non-hydrogen) atoms. The second-order valence-corrected chi connectivity index (χ2v) is 9.49. The number of anilines is 1. The number of carbonyl (C=O) groups is 3. The zero-order valence-corrected chi connectivity index (χ0v) is 19.3. The monoisotopic (exact) mass is 477 g/mol. The van der Waals surface area contributed by atoms with Crippen LogP contribution in [-0.2, 0) is 9.53 Å². The number of fused-ring (bicyclic) bond motifs is 3. The highest BCUT2D eigenvalue weighted by atomic mass is 32.1. The summed E-state index contributed by atoms with van der Waals surface area (Å²) in [5, 5.41) is 13.9. The lowest BCUT2D eigenvalue weighted by atomic mass is 9.98. The predicted molar refractivity (Wildman–Crippen MR) is 127 cm³/mol. The zero-order valence-electron chi connectivity index (χ0n) is 18.5. The Morgan fingerprint density at radius 3 is 2.44 bits per heavy atom. The first-order valence-electron chi connectivity index (χ1n) is 11.0. The van der Waals surface area contributed by atoms with Crippen LogP contribution in [0.5, 0.6) is 0 Å². The van der Waals surface area contributed by atoms with E-state index < -0.39 is 23.5 Å². The molecule has 0 bridgehead atoms. The fourth-order valence-corrected chi connectivity index (χ4v) is 5.47.